The number of carbonyl (C=O) groups excluding carboxylic acids is 1. The SMILES string of the molecule is CN1C(=O)CCN(C2CCCC2)c2nc(Nc3cccc(O)c3)ncc21. The third-order valence-electron chi connectivity index (χ3n) is 5.19. The molecule has 7 heteroatoms. The Morgan fingerprint density at radius 3 is 2.85 bits per heavy atom. The summed E-state index contributed by atoms with van der Waals surface area (Å²) in [4.78, 5) is 25.4. The summed E-state index contributed by atoms with van der Waals surface area (Å²) in [5.41, 5.74) is 1.47. The Morgan fingerprint density at radius 2 is 2.08 bits per heavy atom. The number of benzene rings is 1. The van der Waals surface area contributed by atoms with E-state index in [-0.39, 0.29) is 11.7 Å². The van der Waals surface area contributed by atoms with Crippen LogP contribution in [0.25, 0.3) is 0 Å². The first-order valence-electron chi connectivity index (χ1n) is 9.08. The third kappa shape index (κ3) is 3.16. The highest BCUT2D eigenvalue weighted by Gasteiger charge is 2.31. The smallest absolute Gasteiger partial charge is 0.229 e. The highest BCUT2D eigenvalue weighted by Crippen LogP contribution is 2.36. The minimum absolute atomic E-state index is 0.0871. The second-order valence-electron chi connectivity index (χ2n) is 6.91. The number of aromatic hydroxyl groups is 1. The van der Waals surface area contributed by atoms with Crippen LogP contribution >= 0.6 is 0 Å². The molecule has 1 aromatic carbocycles. The van der Waals surface area contributed by atoms with Gasteiger partial charge in [-0.2, -0.15) is 4.98 Å². The van der Waals surface area contributed by atoms with Gasteiger partial charge in [0.25, 0.3) is 0 Å². The van der Waals surface area contributed by atoms with Gasteiger partial charge in [-0.3, -0.25) is 4.79 Å². The normalized spacial score (nSPS) is 18.0. The van der Waals surface area contributed by atoms with Crippen molar-refractivity contribution in [2.75, 3.05) is 28.7 Å². The molecule has 136 valence electrons. The number of aromatic nitrogens is 2. The molecule has 0 radical (unpaired) electrons. The molecular weight excluding hydrogens is 330 g/mol. The molecule has 0 bridgehead atoms. The number of fused-ring (bicyclic) bond motifs is 1. The van der Waals surface area contributed by atoms with Gasteiger partial charge in [0, 0.05) is 37.8 Å². The van der Waals surface area contributed by atoms with Crippen LogP contribution in [0.3, 0.4) is 0 Å². The zero-order valence-electron chi connectivity index (χ0n) is 14.9. The molecule has 1 amide bonds. The molecule has 2 N–H and O–H groups in total. The molecule has 2 heterocycles. The first-order valence-corrected chi connectivity index (χ1v) is 9.08. The van der Waals surface area contributed by atoms with E-state index in [9.17, 15) is 9.90 Å². The summed E-state index contributed by atoms with van der Waals surface area (Å²) in [6.07, 6.45) is 6.91. The predicted molar refractivity (Wildman–Crippen MR) is 101 cm³/mol. The van der Waals surface area contributed by atoms with Crippen LogP contribution < -0.4 is 15.1 Å². The van der Waals surface area contributed by atoms with Crippen LogP contribution in [0.15, 0.2) is 30.5 Å². The van der Waals surface area contributed by atoms with Gasteiger partial charge in [-0.05, 0) is 25.0 Å². The molecular formula is C19H23N5O2. The first kappa shape index (κ1) is 16.6. The molecule has 4 rings (SSSR count). The van der Waals surface area contributed by atoms with Crippen molar-refractivity contribution in [1.29, 1.82) is 0 Å². The van der Waals surface area contributed by atoms with Crippen molar-refractivity contribution in [3.63, 3.8) is 0 Å². The van der Waals surface area contributed by atoms with Crippen molar-refractivity contribution in [3.8, 4) is 5.75 Å². The number of rotatable bonds is 3. The number of nitrogens with zero attached hydrogens (tertiary/aromatic N) is 4. The predicted octanol–water partition coefficient (Wildman–Crippen LogP) is 3.04. The lowest BCUT2D eigenvalue weighted by Gasteiger charge is -2.30. The average molecular weight is 353 g/mol. The van der Waals surface area contributed by atoms with Gasteiger partial charge in [0.15, 0.2) is 5.82 Å². The summed E-state index contributed by atoms with van der Waals surface area (Å²) in [7, 11) is 1.78. The number of anilines is 4. The molecule has 0 saturated heterocycles. The Kier molecular flexibility index (Phi) is 4.36. The number of phenols is 1. The Bertz CT molecular complexity index is 819. The maximum Gasteiger partial charge on any atom is 0.229 e. The average Bonchev–Trinajstić information content (AvgIpc) is 3.12. The Morgan fingerprint density at radius 1 is 1.27 bits per heavy atom. The fourth-order valence-electron chi connectivity index (χ4n) is 3.78. The van der Waals surface area contributed by atoms with Gasteiger partial charge < -0.3 is 20.2 Å². The number of hydrogen-bond acceptors (Lipinski definition) is 6. The molecule has 0 atom stereocenters. The molecule has 2 aliphatic rings. The van der Waals surface area contributed by atoms with Gasteiger partial charge in [-0.1, -0.05) is 18.9 Å². The minimum atomic E-state index is 0.0871. The van der Waals surface area contributed by atoms with Gasteiger partial charge in [0.2, 0.25) is 11.9 Å². The molecule has 1 aromatic heterocycles. The number of hydrogen-bond donors (Lipinski definition) is 2. The summed E-state index contributed by atoms with van der Waals surface area (Å²) >= 11 is 0. The second kappa shape index (κ2) is 6.82. The van der Waals surface area contributed by atoms with Crippen molar-refractivity contribution in [3.05, 3.63) is 30.5 Å². The molecule has 2 aromatic rings. The van der Waals surface area contributed by atoms with E-state index in [1.807, 2.05) is 6.07 Å². The molecule has 1 aliphatic heterocycles. The Hall–Kier alpha value is -2.83. The lowest BCUT2D eigenvalue weighted by atomic mass is 10.2. The van der Waals surface area contributed by atoms with E-state index in [2.05, 4.69) is 15.2 Å². The van der Waals surface area contributed by atoms with Gasteiger partial charge in [0.05, 0.1) is 6.20 Å². The molecule has 1 saturated carbocycles. The van der Waals surface area contributed by atoms with E-state index >= 15 is 0 Å². The standard InChI is InChI=1S/C19H23N5O2/c1-23-16-12-20-19(21-13-5-4-8-15(25)11-13)22-18(16)24(10-9-17(23)26)14-6-2-3-7-14/h4-5,8,11-12,14,25H,2-3,6-7,9-10H2,1H3,(H,20,21,22). The Balaban J connectivity index is 1.70. The van der Waals surface area contributed by atoms with Crippen LogP contribution in [0.4, 0.5) is 23.1 Å². The zero-order chi connectivity index (χ0) is 18.1. The van der Waals surface area contributed by atoms with Crippen LogP contribution in [0.1, 0.15) is 32.1 Å². The third-order valence-corrected chi connectivity index (χ3v) is 5.19. The highest BCUT2D eigenvalue weighted by molar-refractivity contribution is 5.97. The number of phenolic OH excluding ortho intramolecular Hbond substituents is 1. The molecule has 26 heavy (non-hydrogen) atoms. The van der Waals surface area contributed by atoms with Gasteiger partial charge in [0.1, 0.15) is 11.4 Å². The molecule has 0 spiro atoms. The van der Waals surface area contributed by atoms with Crippen molar-refractivity contribution >= 4 is 29.0 Å². The summed E-state index contributed by atoms with van der Waals surface area (Å²) in [5.74, 6) is 1.54. The summed E-state index contributed by atoms with van der Waals surface area (Å²) in [5, 5.41) is 12.8. The lowest BCUT2D eigenvalue weighted by molar-refractivity contribution is -0.118. The first-order chi connectivity index (χ1) is 12.6. The van der Waals surface area contributed by atoms with Crippen molar-refractivity contribution in [2.45, 2.75) is 38.1 Å². The van der Waals surface area contributed by atoms with Crippen LogP contribution in [0.5, 0.6) is 5.75 Å². The van der Waals surface area contributed by atoms with Gasteiger partial charge >= 0.3 is 0 Å². The largest absolute Gasteiger partial charge is 0.508 e. The Labute approximate surface area is 152 Å². The second-order valence-corrected chi connectivity index (χ2v) is 6.91. The van der Waals surface area contributed by atoms with Crippen LogP contribution in [-0.4, -0.2) is 40.6 Å². The van der Waals surface area contributed by atoms with Crippen LogP contribution in [0, 0.1) is 0 Å². The zero-order valence-corrected chi connectivity index (χ0v) is 14.9. The lowest BCUT2D eigenvalue weighted by Crippen LogP contribution is -2.34. The maximum atomic E-state index is 12.4. The van der Waals surface area contributed by atoms with Crippen molar-refractivity contribution < 1.29 is 9.90 Å². The summed E-state index contributed by atoms with van der Waals surface area (Å²) < 4.78 is 0. The van der Waals surface area contributed by atoms with E-state index < -0.39 is 0 Å². The fraction of sp³-hybridized carbons (Fsp3) is 0.421. The highest BCUT2D eigenvalue weighted by atomic mass is 16.3. The minimum Gasteiger partial charge on any atom is -0.508 e. The van der Waals surface area contributed by atoms with E-state index in [0.717, 1.165) is 30.0 Å². The van der Waals surface area contributed by atoms with Crippen LogP contribution in [0.2, 0.25) is 0 Å². The topological polar surface area (TPSA) is 81.6 Å². The van der Waals surface area contributed by atoms with Crippen molar-refractivity contribution in [2.24, 2.45) is 0 Å². The van der Waals surface area contributed by atoms with Crippen LogP contribution in [-0.2, 0) is 4.79 Å². The van der Waals surface area contributed by atoms with E-state index in [1.165, 1.54) is 12.8 Å². The van der Waals surface area contributed by atoms with Gasteiger partial charge in [-0.25, -0.2) is 4.98 Å². The molecule has 1 fully saturated rings. The monoisotopic (exact) mass is 353 g/mol. The van der Waals surface area contributed by atoms with E-state index in [0.29, 0.717) is 25.0 Å². The molecule has 1 aliphatic carbocycles. The van der Waals surface area contributed by atoms with E-state index in [1.54, 1.807) is 36.3 Å². The number of nitrogens with one attached hydrogen (secondary N) is 1. The van der Waals surface area contributed by atoms with E-state index in [4.69, 9.17) is 4.98 Å². The summed E-state index contributed by atoms with van der Waals surface area (Å²) in [6.45, 7) is 0.684. The fourth-order valence-corrected chi connectivity index (χ4v) is 3.78. The molecule has 0 unspecified atom stereocenters. The van der Waals surface area contributed by atoms with Gasteiger partial charge in [-0.15, -0.1) is 0 Å². The molecule has 7 nitrogen and oxygen atoms in total. The summed E-state index contributed by atoms with van der Waals surface area (Å²) in [6, 6.07) is 7.28. The maximum absolute atomic E-state index is 12.4. The quantitative estimate of drug-likeness (QED) is 0.883. The number of carbonyl (C=O) groups is 1. The number of amides is 1. The van der Waals surface area contributed by atoms with Crippen molar-refractivity contribution in [1.82, 2.24) is 9.97 Å².